The Balaban J connectivity index is 0.00000220. The zero-order valence-electron chi connectivity index (χ0n) is 12.4. The average Bonchev–Trinajstić information content (AvgIpc) is 2.95. The molecule has 0 aromatic heterocycles. The van der Waals surface area contributed by atoms with Crippen molar-refractivity contribution in [3.05, 3.63) is 29.3 Å². The summed E-state index contributed by atoms with van der Waals surface area (Å²) in [6.07, 6.45) is 1.89. The summed E-state index contributed by atoms with van der Waals surface area (Å²) < 4.78 is 0. The van der Waals surface area contributed by atoms with Crippen LogP contribution in [-0.4, -0.2) is 30.9 Å². The van der Waals surface area contributed by atoms with Crippen LogP contribution in [0.3, 0.4) is 0 Å². The predicted molar refractivity (Wildman–Crippen MR) is 86.1 cm³/mol. The van der Waals surface area contributed by atoms with Crippen LogP contribution in [0.25, 0.3) is 0 Å². The van der Waals surface area contributed by atoms with E-state index in [0.29, 0.717) is 17.8 Å². The number of rotatable bonds is 4. The fourth-order valence-electron chi connectivity index (χ4n) is 2.29. The van der Waals surface area contributed by atoms with Crippen molar-refractivity contribution in [3.63, 3.8) is 0 Å². The second kappa shape index (κ2) is 8.00. The van der Waals surface area contributed by atoms with Crippen molar-refractivity contribution in [2.24, 2.45) is 0 Å². The van der Waals surface area contributed by atoms with Gasteiger partial charge < -0.3 is 16.0 Å². The molecule has 2 amide bonds. The molecule has 1 atom stereocenters. The number of hydrogen-bond donors (Lipinski definition) is 3. The van der Waals surface area contributed by atoms with Crippen LogP contribution >= 0.6 is 12.4 Å². The molecular weight excluding hydrogens is 290 g/mol. The van der Waals surface area contributed by atoms with Gasteiger partial charge in [-0.15, -0.1) is 12.4 Å². The van der Waals surface area contributed by atoms with Crippen LogP contribution in [0, 0.1) is 6.92 Å². The van der Waals surface area contributed by atoms with E-state index in [9.17, 15) is 9.59 Å². The zero-order valence-corrected chi connectivity index (χ0v) is 13.2. The van der Waals surface area contributed by atoms with Crippen molar-refractivity contribution >= 4 is 29.9 Å². The number of halogens is 1. The monoisotopic (exact) mass is 311 g/mol. The molecule has 116 valence electrons. The SMILES string of the molecule is CCNC(=O)c1ccc(C)c(NC(=O)C2CCCN2)c1.Cl. The van der Waals surface area contributed by atoms with Gasteiger partial charge in [0.05, 0.1) is 6.04 Å². The number of amides is 2. The minimum atomic E-state index is -0.123. The highest BCUT2D eigenvalue weighted by Gasteiger charge is 2.22. The van der Waals surface area contributed by atoms with Gasteiger partial charge in [-0.2, -0.15) is 0 Å². The summed E-state index contributed by atoms with van der Waals surface area (Å²) in [5, 5.41) is 8.82. The standard InChI is InChI=1S/C15H21N3O2.ClH/c1-3-16-14(19)11-7-6-10(2)13(9-11)18-15(20)12-5-4-8-17-12;/h6-7,9,12,17H,3-5,8H2,1-2H3,(H,16,19)(H,18,20);1H. The highest BCUT2D eigenvalue weighted by Crippen LogP contribution is 2.18. The highest BCUT2D eigenvalue weighted by atomic mass is 35.5. The molecule has 1 aromatic rings. The van der Waals surface area contributed by atoms with E-state index in [2.05, 4.69) is 16.0 Å². The lowest BCUT2D eigenvalue weighted by atomic mass is 10.1. The first-order chi connectivity index (χ1) is 9.61. The Morgan fingerprint density at radius 2 is 2.14 bits per heavy atom. The summed E-state index contributed by atoms with van der Waals surface area (Å²) in [6, 6.07) is 5.22. The summed E-state index contributed by atoms with van der Waals surface area (Å²) in [5.41, 5.74) is 2.21. The molecule has 3 N–H and O–H groups in total. The molecule has 0 aliphatic carbocycles. The van der Waals surface area contributed by atoms with Crippen LogP contribution in [0.15, 0.2) is 18.2 Å². The molecule has 0 bridgehead atoms. The second-order valence-corrected chi connectivity index (χ2v) is 5.03. The van der Waals surface area contributed by atoms with E-state index >= 15 is 0 Å². The third-order valence-corrected chi connectivity index (χ3v) is 3.47. The lowest BCUT2D eigenvalue weighted by molar-refractivity contribution is -0.117. The van der Waals surface area contributed by atoms with Gasteiger partial charge in [0.25, 0.3) is 5.91 Å². The lowest BCUT2D eigenvalue weighted by Crippen LogP contribution is -2.35. The van der Waals surface area contributed by atoms with Crippen molar-refractivity contribution in [1.29, 1.82) is 0 Å². The van der Waals surface area contributed by atoms with Gasteiger partial charge >= 0.3 is 0 Å². The van der Waals surface area contributed by atoms with E-state index in [-0.39, 0.29) is 30.3 Å². The van der Waals surface area contributed by atoms with Crippen molar-refractivity contribution in [2.45, 2.75) is 32.7 Å². The fraction of sp³-hybridized carbons (Fsp3) is 0.467. The number of benzene rings is 1. The molecule has 6 heteroatoms. The van der Waals surface area contributed by atoms with E-state index in [4.69, 9.17) is 0 Å². The van der Waals surface area contributed by atoms with Gasteiger partial charge in [0, 0.05) is 17.8 Å². The van der Waals surface area contributed by atoms with Gasteiger partial charge in [-0.1, -0.05) is 6.07 Å². The highest BCUT2D eigenvalue weighted by molar-refractivity contribution is 5.99. The summed E-state index contributed by atoms with van der Waals surface area (Å²) in [5.74, 6) is -0.152. The third-order valence-electron chi connectivity index (χ3n) is 3.47. The molecule has 5 nitrogen and oxygen atoms in total. The van der Waals surface area contributed by atoms with Gasteiger partial charge in [-0.3, -0.25) is 9.59 Å². The summed E-state index contributed by atoms with van der Waals surface area (Å²) in [7, 11) is 0. The topological polar surface area (TPSA) is 70.2 Å². The smallest absolute Gasteiger partial charge is 0.251 e. The Kier molecular flexibility index (Phi) is 6.65. The Hall–Kier alpha value is -1.59. The quantitative estimate of drug-likeness (QED) is 0.795. The molecule has 1 saturated heterocycles. The minimum absolute atomic E-state index is 0. The molecule has 1 unspecified atom stereocenters. The predicted octanol–water partition coefficient (Wildman–Crippen LogP) is 1.86. The van der Waals surface area contributed by atoms with Crippen LogP contribution in [0.2, 0.25) is 0 Å². The molecule has 1 aliphatic rings. The summed E-state index contributed by atoms with van der Waals surface area (Å²) in [6.45, 7) is 5.26. The Labute approximate surface area is 131 Å². The number of anilines is 1. The maximum atomic E-state index is 12.1. The van der Waals surface area contributed by atoms with Crippen molar-refractivity contribution < 1.29 is 9.59 Å². The number of hydrogen-bond acceptors (Lipinski definition) is 3. The van der Waals surface area contributed by atoms with E-state index in [1.165, 1.54) is 0 Å². The largest absolute Gasteiger partial charge is 0.352 e. The van der Waals surface area contributed by atoms with E-state index < -0.39 is 0 Å². The van der Waals surface area contributed by atoms with Crippen LogP contribution in [0.4, 0.5) is 5.69 Å². The number of carbonyl (C=O) groups is 2. The molecule has 2 rings (SSSR count). The van der Waals surface area contributed by atoms with E-state index in [1.807, 2.05) is 19.9 Å². The number of aryl methyl sites for hydroxylation is 1. The molecule has 1 aromatic carbocycles. The molecule has 1 fully saturated rings. The van der Waals surface area contributed by atoms with Crippen molar-refractivity contribution in [1.82, 2.24) is 10.6 Å². The van der Waals surface area contributed by atoms with Gasteiger partial charge in [-0.05, 0) is 50.9 Å². The molecule has 0 radical (unpaired) electrons. The lowest BCUT2D eigenvalue weighted by Gasteiger charge is -2.14. The molecule has 1 heterocycles. The van der Waals surface area contributed by atoms with Crippen molar-refractivity contribution in [3.8, 4) is 0 Å². The van der Waals surface area contributed by atoms with Crippen LogP contribution in [0.5, 0.6) is 0 Å². The second-order valence-electron chi connectivity index (χ2n) is 5.03. The van der Waals surface area contributed by atoms with Gasteiger partial charge in [-0.25, -0.2) is 0 Å². The van der Waals surface area contributed by atoms with Gasteiger partial charge in [0.15, 0.2) is 0 Å². The summed E-state index contributed by atoms with van der Waals surface area (Å²) in [4.78, 5) is 23.9. The molecule has 0 saturated carbocycles. The fourth-order valence-corrected chi connectivity index (χ4v) is 2.29. The third kappa shape index (κ3) is 4.44. The normalized spacial score (nSPS) is 17.0. The first-order valence-corrected chi connectivity index (χ1v) is 7.05. The number of nitrogens with one attached hydrogen (secondary N) is 3. The Morgan fingerprint density at radius 3 is 2.76 bits per heavy atom. The molecule has 0 spiro atoms. The maximum Gasteiger partial charge on any atom is 0.251 e. The van der Waals surface area contributed by atoms with Crippen LogP contribution in [-0.2, 0) is 4.79 Å². The maximum absolute atomic E-state index is 12.1. The molecule has 1 aliphatic heterocycles. The minimum Gasteiger partial charge on any atom is -0.352 e. The van der Waals surface area contributed by atoms with Gasteiger partial charge in [0.2, 0.25) is 5.91 Å². The van der Waals surface area contributed by atoms with Crippen LogP contribution in [0.1, 0.15) is 35.7 Å². The van der Waals surface area contributed by atoms with E-state index in [1.54, 1.807) is 12.1 Å². The van der Waals surface area contributed by atoms with Gasteiger partial charge in [0.1, 0.15) is 0 Å². The summed E-state index contributed by atoms with van der Waals surface area (Å²) >= 11 is 0. The molecule has 21 heavy (non-hydrogen) atoms. The first-order valence-electron chi connectivity index (χ1n) is 7.05. The average molecular weight is 312 g/mol. The van der Waals surface area contributed by atoms with E-state index in [0.717, 1.165) is 24.9 Å². The number of carbonyl (C=O) groups excluding carboxylic acids is 2. The first kappa shape index (κ1) is 17.5. The Bertz CT molecular complexity index is 514. The zero-order chi connectivity index (χ0) is 14.5. The molecular formula is C15H22ClN3O2. The van der Waals surface area contributed by atoms with Crippen molar-refractivity contribution in [2.75, 3.05) is 18.4 Å². The Morgan fingerprint density at radius 1 is 1.38 bits per heavy atom. The van der Waals surface area contributed by atoms with Crippen LogP contribution < -0.4 is 16.0 Å².